The lowest BCUT2D eigenvalue weighted by atomic mass is 10.1. The molecule has 0 fully saturated rings. The third-order valence-electron chi connectivity index (χ3n) is 5.68. The molecule has 3 amide bonds. The molecule has 0 spiro atoms. The first-order valence-corrected chi connectivity index (χ1v) is 11.9. The average Bonchev–Trinajstić information content (AvgIpc) is 3.16. The summed E-state index contributed by atoms with van der Waals surface area (Å²) in [6, 6.07) is 17.4. The Hall–Kier alpha value is -3.62. The number of carbonyl (C=O) groups excluding carboxylic acids is 3. The first-order chi connectivity index (χ1) is 16.6. The van der Waals surface area contributed by atoms with Gasteiger partial charge in [0.15, 0.2) is 0 Å². The van der Waals surface area contributed by atoms with E-state index < -0.39 is 17.7 Å². The number of fused-ring (bicyclic) bond motifs is 1. The van der Waals surface area contributed by atoms with Crippen LogP contribution in [0.15, 0.2) is 65.1 Å². The molecular formula is C26H22BrClN4O3. The topological polar surface area (TPSA) is 92.2 Å². The van der Waals surface area contributed by atoms with Crippen molar-refractivity contribution in [1.29, 1.82) is 0 Å². The van der Waals surface area contributed by atoms with E-state index in [9.17, 15) is 14.4 Å². The van der Waals surface area contributed by atoms with Gasteiger partial charge in [-0.2, -0.15) is 0 Å². The van der Waals surface area contributed by atoms with Crippen LogP contribution >= 0.6 is 27.5 Å². The van der Waals surface area contributed by atoms with Crippen LogP contribution in [0.25, 0.3) is 10.9 Å². The van der Waals surface area contributed by atoms with Crippen LogP contribution < -0.4 is 16.1 Å². The van der Waals surface area contributed by atoms with E-state index in [2.05, 4.69) is 32.0 Å². The van der Waals surface area contributed by atoms with Crippen molar-refractivity contribution in [3.8, 4) is 0 Å². The Labute approximate surface area is 215 Å². The number of rotatable bonds is 4. The number of hydrogen-bond acceptors (Lipinski definition) is 3. The van der Waals surface area contributed by atoms with Crippen LogP contribution in [0.1, 0.15) is 27.2 Å². The number of nitrogens with one attached hydrogen (secondary N) is 3. The molecule has 35 heavy (non-hydrogen) atoms. The van der Waals surface area contributed by atoms with E-state index in [1.807, 2.05) is 39.0 Å². The Morgan fingerprint density at radius 1 is 0.857 bits per heavy atom. The van der Waals surface area contributed by atoms with Crippen LogP contribution in [0.2, 0.25) is 5.02 Å². The average molecular weight is 554 g/mol. The number of hydrogen-bond donors (Lipinski definition) is 3. The minimum absolute atomic E-state index is 0.135. The first kappa shape index (κ1) is 24.5. The number of amides is 3. The molecule has 0 radical (unpaired) electrons. The quantitative estimate of drug-likeness (QED) is 0.273. The molecule has 1 heterocycles. The van der Waals surface area contributed by atoms with Crippen molar-refractivity contribution in [2.45, 2.75) is 20.8 Å². The summed E-state index contributed by atoms with van der Waals surface area (Å²) in [5.74, 6) is -2.24. The molecule has 3 aromatic carbocycles. The normalized spacial score (nSPS) is 10.8. The van der Waals surface area contributed by atoms with Gasteiger partial charge in [0.1, 0.15) is 5.69 Å². The Kier molecular flexibility index (Phi) is 6.95. The number of halogens is 2. The van der Waals surface area contributed by atoms with Gasteiger partial charge in [-0.15, -0.1) is 0 Å². The zero-order chi connectivity index (χ0) is 25.3. The van der Waals surface area contributed by atoms with Crippen molar-refractivity contribution in [2.75, 3.05) is 16.1 Å². The van der Waals surface area contributed by atoms with Crippen molar-refractivity contribution < 1.29 is 14.4 Å². The lowest BCUT2D eigenvalue weighted by Crippen LogP contribution is -2.36. The Morgan fingerprint density at radius 3 is 2.37 bits per heavy atom. The predicted octanol–water partition coefficient (Wildman–Crippen LogP) is 5.94. The number of anilines is 2. The second-order valence-electron chi connectivity index (χ2n) is 8.13. The predicted molar refractivity (Wildman–Crippen MR) is 143 cm³/mol. The summed E-state index contributed by atoms with van der Waals surface area (Å²) in [5, 5.41) is 6.57. The number of benzene rings is 3. The summed E-state index contributed by atoms with van der Waals surface area (Å²) < 4.78 is 2.21. The lowest BCUT2D eigenvalue weighted by Gasteiger charge is -2.14. The minimum Gasteiger partial charge on any atom is -0.321 e. The van der Waals surface area contributed by atoms with Crippen LogP contribution in [0, 0.1) is 20.8 Å². The maximum absolute atomic E-state index is 13.2. The fourth-order valence-corrected chi connectivity index (χ4v) is 4.04. The van der Waals surface area contributed by atoms with Crippen LogP contribution in [-0.4, -0.2) is 22.4 Å². The van der Waals surface area contributed by atoms with Gasteiger partial charge in [0.25, 0.3) is 5.91 Å². The highest BCUT2D eigenvalue weighted by Crippen LogP contribution is 2.25. The summed E-state index contributed by atoms with van der Waals surface area (Å²) in [5.41, 5.74) is 7.12. The Morgan fingerprint density at radius 2 is 1.63 bits per heavy atom. The molecule has 0 saturated carbocycles. The molecule has 0 aliphatic rings. The van der Waals surface area contributed by atoms with Gasteiger partial charge in [0.2, 0.25) is 0 Å². The van der Waals surface area contributed by atoms with Gasteiger partial charge in [-0.25, -0.2) is 4.68 Å². The SMILES string of the molecule is Cc1cc(NC(=O)c2cc3cc(Cl)ccc3n2NC(=O)C(=O)Nc2cccc(C)c2C)ccc1Br. The summed E-state index contributed by atoms with van der Waals surface area (Å²) in [6.45, 7) is 5.69. The van der Waals surface area contributed by atoms with Gasteiger partial charge < -0.3 is 10.6 Å². The zero-order valence-corrected chi connectivity index (χ0v) is 21.5. The van der Waals surface area contributed by atoms with Gasteiger partial charge in [-0.1, -0.05) is 39.7 Å². The smallest absolute Gasteiger partial charge is 0.321 e. The third-order valence-corrected chi connectivity index (χ3v) is 6.81. The molecule has 178 valence electrons. The lowest BCUT2D eigenvalue weighted by molar-refractivity contribution is -0.133. The Bertz CT molecular complexity index is 1500. The highest BCUT2D eigenvalue weighted by molar-refractivity contribution is 9.10. The maximum atomic E-state index is 13.2. The zero-order valence-electron chi connectivity index (χ0n) is 19.2. The van der Waals surface area contributed by atoms with Gasteiger partial charge in [0.05, 0.1) is 5.52 Å². The third kappa shape index (κ3) is 5.23. The van der Waals surface area contributed by atoms with Crippen molar-refractivity contribution in [1.82, 2.24) is 4.68 Å². The Balaban J connectivity index is 1.64. The summed E-state index contributed by atoms with van der Waals surface area (Å²) in [7, 11) is 0. The highest BCUT2D eigenvalue weighted by atomic mass is 79.9. The molecule has 0 atom stereocenters. The van der Waals surface area contributed by atoms with E-state index in [1.54, 1.807) is 42.5 Å². The van der Waals surface area contributed by atoms with Gasteiger partial charge >= 0.3 is 11.8 Å². The summed E-state index contributed by atoms with van der Waals surface area (Å²) >= 11 is 9.57. The van der Waals surface area contributed by atoms with Gasteiger partial charge in [-0.3, -0.25) is 19.8 Å². The van der Waals surface area contributed by atoms with E-state index in [4.69, 9.17) is 11.6 Å². The molecule has 0 aliphatic heterocycles. The molecule has 0 unspecified atom stereocenters. The van der Waals surface area contributed by atoms with Crippen LogP contribution in [-0.2, 0) is 9.59 Å². The molecular weight excluding hydrogens is 532 g/mol. The number of aromatic nitrogens is 1. The standard InChI is InChI=1S/C26H22BrClN4O3/c1-14-5-4-6-21(16(14)3)30-25(34)26(35)31-32-22-10-7-18(28)12-17(22)13-23(32)24(33)29-19-8-9-20(27)15(2)11-19/h4-13H,1-3H3,(H,29,33)(H,30,34)(H,31,35). The second kappa shape index (κ2) is 9.93. The van der Waals surface area contributed by atoms with E-state index in [-0.39, 0.29) is 5.69 Å². The molecule has 4 aromatic rings. The first-order valence-electron chi connectivity index (χ1n) is 10.7. The fourth-order valence-electron chi connectivity index (χ4n) is 3.61. The fraction of sp³-hybridized carbons (Fsp3) is 0.115. The van der Waals surface area contributed by atoms with Crippen molar-refractivity contribution >= 4 is 67.5 Å². The van der Waals surface area contributed by atoms with Crippen molar-refractivity contribution in [3.05, 3.63) is 92.5 Å². The molecule has 0 bridgehead atoms. The highest BCUT2D eigenvalue weighted by Gasteiger charge is 2.22. The molecule has 0 saturated heterocycles. The van der Waals surface area contributed by atoms with E-state index >= 15 is 0 Å². The van der Waals surface area contributed by atoms with Crippen molar-refractivity contribution in [2.24, 2.45) is 0 Å². The van der Waals surface area contributed by atoms with Gasteiger partial charge in [0, 0.05) is 26.3 Å². The van der Waals surface area contributed by atoms with E-state index in [0.717, 1.165) is 21.2 Å². The summed E-state index contributed by atoms with van der Waals surface area (Å²) in [4.78, 5) is 38.7. The van der Waals surface area contributed by atoms with Crippen molar-refractivity contribution in [3.63, 3.8) is 0 Å². The molecule has 3 N–H and O–H groups in total. The number of aryl methyl sites for hydroxylation is 2. The monoisotopic (exact) mass is 552 g/mol. The summed E-state index contributed by atoms with van der Waals surface area (Å²) in [6.07, 6.45) is 0. The van der Waals surface area contributed by atoms with E-state index in [1.165, 1.54) is 4.68 Å². The van der Waals surface area contributed by atoms with Crippen LogP contribution in [0.4, 0.5) is 11.4 Å². The van der Waals surface area contributed by atoms with Crippen LogP contribution in [0.5, 0.6) is 0 Å². The molecule has 7 nitrogen and oxygen atoms in total. The second-order valence-corrected chi connectivity index (χ2v) is 9.42. The number of nitrogens with zero attached hydrogens (tertiary/aromatic N) is 1. The largest absolute Gasteiger partial charge is 0.328 e. The van der Waals surface area contributed by atoms with Crippen LogP contribution in [0.3, 0.4) is 0 Å². The minimum atomic E-state index is -0.924. The van der Waals surface area contributed by atoms with Gasteiger partial charge in [-0.05, 0) is 86.0 Å². The number of carbonyl (C=O) groups is 3. The molecule has 4 rings (SSSR count). The van der Waals surface area contributed by atoms with E-state index in [0.29, 0.717) is 27.3 Å². The maximum Gasteiger partial charge on any atom is 0.328 e. The molecule has 9 heteroatoms. The molecule has 1 aromatic heterocycles. The molecule has 0 aliphatic carbocycles.